The summed E-state index contributed by atoms with van der Waals surface area (Å²) in [5.41, 5.74) is 0.191. The van der Waals surface area contributed by atoms with Gasteiger partial charge in [0, 0.05) is 6.07 Å². The van der Waals surface area contributed by atoms with Gasteiger partial charge in [0.15, 0.2) is 0 Å². The molecule has 0 radical (unpaired) electrons. The van der Waals surface area contributed by atoms with Crippen LogP contribution in [0.3, 0.4) is 0 Å². The predicted octanol–water partition coefficient (Wildman–Crippen LogP) is 1.67. The van der Waals surface area contributed by atoms with Crippen LogP contribution < -0.4 is 9.46 Å². The minimum absolute atomic E-state index is 0.0327. The van der Waals surface area contributed by atoms with Gasteiger partial charge in [0.2, 0.25) is 0 Å². The van der Waals surface area contributed by atoms with E-state index in [0.717, 1.165) is 12.3 Å². The molecule has 0 bridgehead atoms. The van der Waals surface area contributed by atoms with Gasteiger partial charge in [0.05, 0.1) is 24.7 Å². The molecule has 2 rings (SSSR count). The van der Waals surface area contributed by atoms with Crippen LogP contribution >= 0.6 is 0 Å². The zero-order chi connectivity index (χ0) is 14.0. The van der Waals surface area contributed by atoms with Gasteiger partial charge < -0.3 is 4.74 Å². The number of rotatable bonds is 4. The molecule has 8 heteroatoms. The van der Waals surface area contributed by atoms with Crippen LogP contribution in [0.5, 0.6) is 5.75 Å². The summed E-state index contributed by atoms with van der Waals surface area (Å²) in [6.07, 6.45) is 1.16. The van der Waals surface area contributed by atoms with E-state index < -0.39 is 15.8 Å². The highest BCUT2D eigenvalue weighted by Gasteiger charge is 2.20. The van der Waals surface area contributed by atoms with Crippen molar-refractivity contribution < 1.29 is 17.5 Å². The quantitative estimate of drug-likeness (QED) is 0.895. The van der Waals surface area contributed by atoms with E-state index in [9.17, 15) is 12.8 Å². The Kier molecular flexibility index (Phi) is 3.43. The number of aromatic amines is 1. The Morgan fingerprint density at radius 3 is 2.74 bits per heavy atom. The van der Waals surface area contributed by atoms with Gasteiger partial charge in [-0.05, 0) is 19.1 Å². The van der Waals surface area contributed by atoms with Crippen LogP contribution in [0.1, 0.15) is 5.69 Å². The van der Waals surface area contributed by atoms with E-state index in [1.54, 1.807) is 6.92 Å². The summed E-state index contributed by atoms with van der Waals surface area (Å²) in [4.78, 5) is -0.0327. The lowest BCUT2D eigenvalue weighted by molar-refractivity contribution is 0.414. The number of halogens is 1. The normalized spacial score (nSPS) is 11.3. The Labute approximate surface area is 109 Å². The second kappa shape index (κ2) is 4.88. The molecular weight excluding hydrogens is 273 g/mol. The van der Waals surface area contributed by atoms with Gasteiger partial charge in [-0.3, -0.25) is 9.82 Å². The lowest BCUT2D eigenvalue weighted by atomic mass is 10.3. The molecule has 2 N–H and O–H groups in total. The monoisotopic (exact) mass is 285 g/mol. The van der Waals surface area contributed by atoms with Gasteiger partial charge in [-0.15, -0.1) is 0 Å². The highest BCUT2D eigenvalue weighted by Crippen LogP contribution is 2.24. The van der Waals surface area contributed by atoms with Crippen LogP contribution in [-0.4, -0.2) is 25.7 Å². The van der Waals surface area contributed by atoms with E-state index in [2.05, 4.69) is 14.9 Å². The third-order valence-electron chi connectivity index (χ3n) is 2.49. The van der Waals surface area contributed by atoms with Gasteiger partial charge in [-0.25, -0.2) is 12.8 Å². The van der Waals surface area contributed by atoms with Gasteiger partial charge in [-0.2, -0.15) is 5.10 Å². The molecule has 1 aromatic heterocycles. The van der Waals surface area contributed by atoms with Crippen LogP contribution in [0.15, 0.2) is 29.3 Å². The first-order chi connectivity index (χ1) is 8.94. The Balaban J connectivity index is 2.38. The van der Waals surface area contributed by atoms with E-state index >= 15 is 0 Å². The molecule has 0 unspecified atom stereocenters. The Bertz CT molecular complexity index is 697. The number of methoxy groups -OCH3 is 1. The van der Waals surface area contributed by atoms with E-state index in [-0.39, 0.29) is 10.6 Å². The summed E-state index contributed by atoms with van der Waals surface area (Å²) in [5, 5.41) is 6.13. The summed E-state index contributed by atoms with van der Waals surface area (Å²) >= 11 is 0. The zero-order valence-electron chi connectivity index (χ0n) is 10.3. The molecule has 0 amide bonds. The molecule has 0 saturated heterocycles. The first-order valence-electron chi connectivity index (χ1n) is 5.30. The van der Waals surface area contributed by atoms with Crippen molar-refractivity contribution in [2.24, 2.45) is 0 Å². The highest BCUT2D eigenvalue weighted by molar-refractivity contribution is 7.92. The van der Waals surface area contributed by atoms with Gasteiger partial charge in [-0.1, -0.05) is 0 Å². The van der Waals surface area contributed by atoms with Crippen LogP contribution in [0.25, 0.3) is 0 Å². The fourth-order valence-corrected chi connectivity index (χ4v) is 2.72. The highest BCUT2D eigenvalue weighted by atomic mass is 32.2. The van der Waals surface area contributed by atoms with Crippen molar-refractivity contribution in [1.82, 2.24) is 10.2 Å². The third kappa shape index (κ3) is 2.68. The Morgan fingerprint density at radius 1 is 1.42 bits per heavy atom. The van der Waals surface area contributed by atoms with Crippen LogP contribution in [0.4, 0.5) is 10.1 Å². The molecule has 1 heterocycles. The molecule has 0 fully saturated rings. The number of aromatic nitrogens is 2. The number of H-pyrrole nitrogens is 1. The lowest BCUT2D eigenvalue weighted by Crippen LogP contribution is -2.14. The second-order valence-corrected chi connectivity index (χ2v) is 5.46. The topological polar surface area (TPSA) is 84.1 Å². The van der Waals surface area contributed by atoms with Gasteiger partial charge in [0.1, 0.15) is 16.5 Å². The van der Waals surface area contributed by atoms with E-state index in [4.69, 9.17) is 4.74 Å². The standard InChI is InChI=1S/C11H12FN3O3S/c1-7-11(6-13-14-7)19(16,17)15-10-5-8(18-2)3-4-9(10)12/h3-6,15H,1-2H3,(H,13,14). The summed E-state index contributed by atoms with van der Waals surface area (Å²) in [5.74, 6) is -0.339. The number of anilines is 1. The number of benzene rings is 1. The average molecular weight is 285 g/mol. The van der Waals surface area contributed by atoms with E-state index in [1.165, 1.54) is 19.2 Å². The summed E-state index contributed by atoms with van der Waals surface area (Å²) < 4.78 is 44.8. The van der Waals surface area contributed by atoms with Crippen molar-refractivity contribution in [1.29, 1.82) is 0 Å². The summed E-state index contributed by atoms with van der Waals surface area (Å²) in [6, 6.07) is 3.79. The van der Waals surface area contributed by atoms with Crippen molar-refractivity contribution in [3.63, 3.8) is 0 Å². The molecule has 0 aliphatic rings. The smallest absolute Gasteiger partial charge is 0.265 e. The maximum Gasteiger partial charge on any atom is 0.265 e. The van der Waals surface area contributed by atoms with Crippen molar-refractivity contribution in [2.75, 3.05) is 11.8 Å². The van der Waals surface area contributed by atoms with Crippen LogP contribution in [-0.2, 0) is 10.0 Å². The first-order valence-corrected chi connectivity index (χ1v) is 6.78. The molecule has 2 aromatic rings. The number of nitrogens with one attached hydrogen (secondary N) is 2. The molecule has 0 spiro atoms. The predicted molar refractivity (Wildman–Crippen MR) is 67.1 cm³/mol. The van der Waals surface area contributed by atoms with Crippen LogP contribution in [0, 0.1) is 12.7 Å². The molecule has 0 aliphatic carbocycles. The molecule has 1 aromatic carbocycles. The van der Waals surface area contributed by atoms with Gasteiger partial charge >= 0.3 is 0 Å². The van der Waals surface area contributed by atoms with Crippen molar-refractivity contribution in [2.45, 2.75) is 11.8 Å². The third-order valence-corrected chi connectivity index (χ3v) is 3.97. The molecule has 0 saturated carbocycles. The minimum Gasteiger partial charge on any atom is -0.497 e. The maximum absolute atomic E-state index is 13.6. The molecule has 102 valence electrons. The van der Waals surface area contributed by atoms with E-state index in [1.807, 2.05) is 0 Å². The van der Waals surface area contributed by atoms with Crippen LogP contribution in [0.2, 0.25) is 0 Å². The molecule has 0 aliphatic heterocycles. The number of hydrogen-bond donors (Lipinski definition) is 2. The van der Waals surface area contributed by atoms with Crippen molar-refractivity contribution >= 4 is 15.7 Å². The molecule has 0 atom stereocenters. The number of aryl methyl sites for hydroxylation is 1. The number of hydrogen-bond acceptors (Lipinski definition) is 4. The largest absolute Gasteiger partial charge is 0.497 e. The lowest BCUT2D eigenvalue weighted by Gasteiger charge is -2.09. The summed E-state index contributed by atoms with van der Waals surface area (Å²) in [7, 11) is -2.48. The average Bonchev–Trinajstić information content (AvgIpc) is 2.79. The molecule has 6 nitrogen and oxygen atoms in total. The fraction of sp³-hybridized carbons (Fsp3) is 0.182. The summed E-state index contributed by atoms with van der Waals surface area (Å²) in [6.45, 7) is 1.56. The molecular formula is C11H12FN3O3S. The second-order valence-electron chi connectivity index (χ2n) is 3.81. The first kappa shape index (κ1) is 13.3. The number of ether oxygens (including phenoxy) is 1. The number of nitrogens with zero attached hydrogens (tertiary/aromatic N) is 1. The van der Waals surface area contributed by atoms with Gasteiger partial charge in [0.25, 0.3) is 10.0 Å². The zero-order valence-corrected chi connectivity index (χ0v) is 11.1. The number of sulfonamides is 1. The fourth-order valence-electron chi connectivity index (χ4n) is 1.52. The van der Waals surface area contributed by atoms with Crippen molar-refractivity contribution in [3.05, 3.63) is 35.9 Å². The SMILES string of the molecule is COc1ccc(F)c(NS(=O)(=O)c2cn[nH]c2C)c1. The molecule has 19 heavy (non-hydrogen) atoms. The van der Waals surface area contributed by atoms with E-state index in [0.29, 0.717) is 11.4 Å². The maximum atomic E-state index is 13.6. The van der Waals surface area contributed by atoms with Crippen molar-refractivity contribution in [3.8, 4) is 5.75 Å². The Morgan fingerprint density at radius 2 is 2.16 bits per heavy atom. The minimum atomic E-state index is -3.89. The Hall–Kier alpha value is -2.09.